The van der Waals surface area contributed by atoms with Crippen molar-refractivity contribution in [2.75, 3.05) is 6.61 Å². The molecule has 1 fully saturated rings. The van der Waals surface area contributed by atoms with Gasteiger partial charge in [-0.05, 0) is 68.7 Å². The smallest absolute Gasteiger partial charge is 0.408 e. The first-order valence-corrected chi connectivity index (χ1v) is 11.9. The number of alkyl carbamates (subject to hydrolysis) is 2. The summed E-state index contributed by atoms with van der Waals surface area (Å²) in [4.78, 5) is 36.9. The van der Waals surface area contributed by atoms with Gasteiger partial charge in [-0.1, -0.05) is 48.5 Å². The number of benzene rings is 2. The molecule has 4 rings (SSSR count). The lowest BCUT2D eigenvalue weighted by Gasteiger charge is -2.37. The van der Waals surface area contributed by atoms with Crippen LogP contribution in [0.3, 0.4) is 0 Å². The van der Waals surface area contributed by atoms with E-state index in [0.29, 0.717) is 12.8 Å². The summed E-state index contributed by atoms with van der Waals surface area (Å²) < 4.78 is 10.8. The number of carbonyl (C=O) groups excluding carboxylic acids is 2. The maximum absolute atomic E-state index is 12.7. The minimum absolute atomic E-state index is 0.109. The quantitative estimate of drug-likeness (QED) is 0.566. The van der Waals surface area contributed by atoms with Crippen LogP contribution in [-0.4, -0.2) is 47.1 Å². The van der Waals surface area contributed by atoms with Crippen molar-refractivity contribution in [3.63, 3.8) is 0 Å². The number of carboxylic acid groups (broad SMARTS) is 1. The molecule has 1 saturated carbocycles. The number of fused-ring (bicyclic) bond motifs is 3. The molecule has 0 bridgehead atoms. The molecule has 0 saturated heterocycles. The number of ether oxygens (including phenoxy) is 2. The zero-order chi connectivity index (χ0) is 25.2. The largest absolute Gasteiger partial charge is 0.480 e. The van der Waals surface area contributed by atoms with Crippen molar-refractivity contribution in [2.45, 2.75) is 69.6 Å². The van der Waals surface area contributed by atoms with Crippen molar-refractivity contribution in [3.05, 3.63) is 59.7 Å². The van der Waals surface area contributed by atoms with Gasteiger partial charge in [0, 0.05) is 12.0 Å². The summed E-state index contributed by atoms with van der Waals surface area (Å²) in [6.07, 6.45) is -0.146. The number of rotatable bonds is 5. The van der Waals surface area contributed by atoms with Gasteiger partial charge in [0.25, 0.3) is 0 Å². The normalized spacial score (nSPS) is 21.4. The molecule has 2 amide bonds. The lowest BCUT2D eigenvalue weighted by atomic mass is 9.79. The zero-order valence-corrected chi connectivity index (χ0v) is 20.3. The van der Waals surface area contributed by atoms with Gasteiger partial charge in [-0.3, -0.25) is 0 Å². The summed E-state index contributed by atoms with van der Waals surface area (Å²) in [6, 6.07) is 15.8. The minimum Gasteiger partial charge on any atom is -0.480 e. The van der Waals surface area contributed by atoms with Crippen LogP contribution in [0, 0.1) is 0 Å². The van der Waals surface area contributed by atoms with Gasteiger partial charge in [0.2, 0.25) is 0 Å². The van der Waals surface area contributed by atoms with Crippen LogP contribution in [0.4, 0.5) is 9.59 Å². The third kappa shape index (κ3) is 5.42. The molecule has 2 aromatic rings. The second-order valence-corrected chi connectivity index (χ2v) is 10.3. The highest BCUT2D eigenvalue weighted by Crippen LogP contribution is 2.44. The molecule has 0 aliphatic heterocycles. The average molecular weight is 481 g/mol. The standard InChI is InChI=1S/C27H32N2O6/c1-26(2,3)35-24(32)28-17-12-14-27(15-13-17,23(30)31)29-25(33)34-16-22-20-10-6-4-8-18(20)19-9-5-7-11-21(19)22/h4-11,17,22H,12-16H2,1-3H3,(H,28,32)(H,29,33)(H,30,31). The van der Waals surface area contributed by atoms with Crippen molar-refractivity contribution in [1.29, 1.82) is 0 Å². The fraction of sp³-hybridized carbons (Fsp3) is 0.444. The summed E-state index contributed by atoms with van der Waals surface area (Å²) in [5.41, 5.74) is 2.36. The lowest BCUT2D eigenvalue weighted by molar-refractivity contribution is -0.146. The topological polar surface area (TPSA) is 114 Å². The van der Waals surface area contributed by atoms with Gasteiger partial charge < -0.3 is 25.2 Å². The summed E-state index contributed by atoms with van der Waals surface area (Å²) in [7, 11) is 0. The minimum atomic E-state index is -1.44. The summed E-state index contributed by atoms with van der Waals surface area (Å²) in [5, 5.41) is 15.3. The number of hydrogen-bond acceptors (Lipinski definition) is 5. The van der Waals surface area contributed by atoms with Crippen LogP contribution in [0.1, 0.15) is 63.5 Å². The van der Waals surface area contributed by atoms with Gasteiger partial charge in [-0.2, -0.15) is 0 Å². The van der Waals surface area contributed by atoms with Crippen LogP contribution in [0.2, 0.25) is 0 Å². The molecular weight excluding hydrogens is 448 g/mol. The molecule has 8 nitrogen and oxygen atoms in total. The van der Waals surface area contributed by atoms with Crippen LogP contribution < -0.4 is 10.6 Å². The predicted molar refractivity (Wildman–Crippen MR) is 130 cm³/mol. The molecule has 0 unspecified atom stereocenters. The number of carbonyl (C=O) groups is 3. The van der Waals surface area contributed by atoms with Crippen molar-refractivity contribution >= 4 is 18.2 Å². The molecule has 186 valence electrons. The Labute approximate surface area is 205 Å². The number of aliphatic carboxylic acids is 1. The molecule has 2 aliphatic rings. The average Bonchev–Trinajstić information content (AvgIpc) is 3.11. The molecule has 3 N–H and O–H groups in total. The molecule has 0 radical (unpaired) electrons. The van der Waals surface area contributed by atoms with E-state index in [1.165, 1.54) is 0 Å². The predicted octanol–water partition coefficient (Wildman–Crippen LogP) is 4.82. The Morgan fingerprint density at radius 1 is 0.943 bits per heavy atom. The Morgan fingerprint density at radius 2 is 1.49 bits per heavy atom. The second kappa shape index (κ2) is 9.60. The van der Waals surface area contributed by atoms with E-state index in [9.17, 15) is 19.5 Å². The van der Waals surface area contributed by atoms with Crippen molar-refractivity contribution in [1.82, 2.24) is 10.6 Å². The molecule has 2 aromatic carbocycles. The van der Waals surface area contributed by atoms with Crippen molar-refractivity contribution < 1.29 is 29.0 Å². The van der Waals surface area contributed by atoms with Crippen LogP contribution in [0.5, 0.6) is 0 Å². The summed E-state index contributed by atoms with van der Waals surface area (Å²) in [5.74, 6) is -1.22. The first-order chi connectivity index (χ1) is 16.6. The van der Waals surface area contributed by atoms with Crippen molar-refractivity contribution in [2.24, 2.45) is 0 Å². The number of hydrogen-bond donors (Lipinski definition) is 3. The van der Waals surface area contributed by atoms with Gasteiger partial charge in [0.15, 0.2) is 0 Å². The third-order valence-electron chi connectivity index (χ3n) is 6.65. The van der Waals surface area contributed by atoms with Gasteiger partial charge >= 0.3 is 18.2 Å². The number of nitrogens with one attached hydrogen (secondary N) is 2. The first kappa shape index (κ1) is 24.6. The molecule has 0 atom stereocenters. The highest BCUT2D eigenvalue weighted by atomic mass is 16.6. The van der Waals surface area contributed by atoms with E-state index < -0.39 is 29.3 Å². The van der Waals surface area contributed by atoms with Gasteiger partial charge in [0.1, 0.15) is 17.7 Å². The van der Waals surface area contributed by atoms with E-state index in [1.807, 2.05) is 36.4 Å². The van der Waals surface area contributed by atoms with E-state index in [-0.39, 0.29) is 31.4 Å². The van der Waals surface area contributed by atoms with Gasteiger partial charge in [0.05, 0.1) is 0 Å². The molecule has 0 heterocycles. The number of amides is 2. The van der Waals surface area contributed by atoms with Crippen molar-refractivity contribution in [3.8, 4) is 11.1 Å². The van der Waals surface area contributed by atoms with Gasteiger partial charge in [-0.15, -0.1) is 0 Å². The van der Waals surface area contributed by atoms with E-state index in [2.05, 4.69) is 22.8 Å². The monoisotopic (exact) mass is 480 g/mol. The van der Waals surface area contributed by atoms with Crippen LogP contribution in [0.25, 0.3) is 11.1 Å². The SMILES string of the molecule is CC(C)(C)OC(=O)NC1CCC(NC(=O)OCC2c3ccccc3-c3ccccc32)(C(=O)O)CC1. The lowest BCUT2D eigenvalue weighted by Crippen LogP contribution is -2.58. The Balaban J connectivity index is 1.36. The Hall–Kier alpha value is -3.55. The highest BCUT2D eigenvalue weighted by Gasteiger charge is 2.44. The first-order valence-electron chi connectivity index (χ1n) is 11.9. The van der Waals surface area contributed by atoms with Crippen LogP contribution in [-0.2, 0) is 14.3 Å². The summed E-state index contributed by atoms with van der Waals surface area (Å²) >= 11 is 0. The third-order valence-corrected chi connectivity index (χ3v) is 6.65. The van der Waals surface area contributed by atoms with E-state index >= 15 is 0 Å². The molecule has 0 aromatic heterocycles. The van der Waals surface area contributed by atoms with E-state index in [1.54, 1.807) is 20.8 Å². The molecule has 0 spiro atoms. The van der Waals surface area contributed by atoms with E-state index in [4.69, 9.17) is 9.47 Å². The molecule has 8 heteroatoms. The maximum atomic E-state index is 12.7. The zero-order valence-electron chi connectivity index (χ0n) is 20.3. The molecule has 35 heavy (non-hydrogen) atoms. The Bertz CT molecular complexity index is 1070. The molecular formula is C27H32N2O6. The second-order valence-electron chi connectivity index (χ2n) is 10.3. The van der Waals surface area contributed by atoms with Crippen LogP contribution >= 0.6 is 0 Å². The number of carboxylic acids is 1. The summed E-state index contributed by atoms with van der Waals surface area (Å²) in [6.45, 7) is 5.45. The van der Waals surface area contributed by atoms with Gasteiger partial charge in [-0.25, -0.2) is 14.4 Å². The fourth-order valence-electron chi connectivity index (χ4n) is 4.95. The molecule has 2 aliphatic carbocycles. The highest BCUT2D eigenvalue weighted by molar-refractivity contribution is 5.85. The Kier molecular flexibility index (Phi) is 6.74. The van der Waals surface area contributed by atoms with E-state index in [0.717, 1.165) is 22.3 Å². The fourth-order valence-corrected chi connectivity index (χ4v) is 4.95. The van der Waals surface area contributed by atoms with Crippen LogP contribution in [0.15, 0.2) is 48.5 Å². The maximum Gasteiger partial charge on any atom is 0.408 e. The Morgan fingerprint density at radius 3 is 2.00 bits per heavy atom.